The normalized spacial score (nSPS) is 12.8. The quantitative estimate of drug-likeness (QED) is 0.557. The molecule has 1 N–H and O–H groups in total. The number of rotatable bonds is 9. The molecule has 0 aromatic heterocycles. The van der Waals surface area contributed by atoms with Crippen molar-refractivity contribution in [2.45, 2.75) is 72.5 Å². The Kier molecular flexibility index (Phi) is 9.11. The predicted molar refractivity (Wildman–Crippen MR) is 142 cm³/mol. The zero-order valence-corrected chi connectivity index (χ0v) is 22.9. The van der Waals surface area contributed by atoms with Crippen LogP contribution in [0.25, 0.3) is 0 Å². The van der Waals surface area contributed by atoms with Crippen LogP contribution in [0.4, 0.5) is 5.69 Å². The van der Waals surface area contributed by atoms with Crippen molar-refractivity contribution in [1.29, 1.82) is 0 Å². The molecule has 192 valence electrons. The summed E-state index contributed by atoms with van der Waals surface area (Å²) in [6, 6.07) is 14.1. The van der Waals surface area contributed by atoms with Gasteiger partial charge < -0.3 is 10.2 Å². The first kappa shape index (κ1) is 28.4. The molecule has 0 aliphatic heterocycles. The number of sulfonamides is 1. The molecule has 2 aromatic rings. The third-order valence-electron chi connectivity index (χ3n) is 5.63. The van der Waals surface area contributed by atoms with Crippen molar-refractivity contribution in [1.82, 2.24) is 10.2 Å². The Labute approximate surface area is 210 Å². The second-order valence-electron chi connectivity index (χ2n) is 10.4. The van der Waals surface area contributed by atoms with Gasteiger partial charge in [0, 0.05) is 12.1 Å². The summed E-state index contributed by atoms with van der Waals surface area (Å²) in [5.74, 6) is -0.462. The highest BCUT2D eigenvalue weighted by Crippen LogP contribution is 2.23. The molecule has 0 heterocycles. The fourth-order valence-corrected chi connectivity index (χ4v) is 4.55. The van der Waals surface area contributed by atoms with Crippen LogP contribution in [0.3, 0.4) is 0 Å². The molecule has 35 heavy (non-hydrogen) atoms. The highest BCUT2D eigenvalue weighted by Gasteiger charge is 2.31. The van der Waals surface area contributed by atoms with Crippen LogP contribution in [0.15, 0.2) is 48.5 Å². The molecule has 0 bridgehead atoms. The van der Waals surface area contributed by atoms with Crippen LogP contribution in [0.1, 0.15) is 64.2 Å². The van der Waals surface area contributed by atoms with E-state index in [-0.39, 0.29) is 12.5 Å². The lowest BCUT2D eigenvalue weighted by molar-refractivity contribution is -0.140. The van der Waals surface area contributed by atoms with Crippen LogP contribution >= 0.6 is 0 Å². The van der Waals surface area contributed by atoms with Gasteiger partial charge in [-0.2, -0.15) is 0 Å². The largest absolute Gasteiger partial charge is 0.350 e. The monoisotopic (exact) mass is 501 g/mol. The molecule has 1 atom stereocenters. The van der Waals surface area contributed by atoms with E-state index in [0.29, 0.717) is 11.6 Å². The van der Waals surface area contributed by atoms with E-state index < -0.39 is 34.1 Å². The predicted octanol–water partition coefficient (Wildman–Crippen LogP) is 4.22. The minimum Gasteiger partial charge on any atom is -0.350 e. The number of anilines is 1. The van der Waals surface area contributed by atoms with E-state index in [0.717, 1.165) is 27.3 Å². The number of carbonyl (C=O) groups excluding carboxylic acids is 2. The molecule has 2 amide bonds. The molecule has 0 fully saturated rings. The first-order chi connectivity index (χ1) is 16.1. The number of nitrogens with one attached hydrogen (secondary N) is 1. The fraction of sp³-hybridized carbons (Fsp3) is 0.481. The van der Waals surface area contributed by atoms with Gasteiger partial charge in [0.1, 0.15) is 12.6 Å². The van der Waals surface area contributed by atoms with Crippen LogP contribution < -0.4 is 9.62 Å². The van der Waals surface area contributed by atoms with Gasteiger partial charge in [0.15, 0.2) is 0 Å². The molecular weight excluding hydrogens is 462 g/mol. The summed E-state index contributed by atoms with van der Waals surface area (Å²) in [6.07, 6.45) is 1.08. The fourth-order valence-electron chi connectivity index (χ4n) is 3.70. The molecule has 0 aliphatic carbocycles. The summed E-state index contributed by atoms with van der Waals surface area (Å²) >= 11 is 0. The van der Waals surface area contributed by atoms with Crippen molar-refractivity contribution in [2.24, 2.45) is 0 Å². The van der Waals surface area contributed by atoms with Crippen LogP contribution in [0.2, 0.25) is 0 Å². The maximum Gasteiger partial charge on any atom is 0.244 e. The molecule has 0 aliphatic rings. The zero-order valence-electron chi connectivity index (χ0n) is 22.1. The topological polar surface area (TPSA) is 86.8 Å². The molecule has 8 heteroatoms. The van der Waals surface area contributed by atoms with Gasteiger partial charge in [0.25, 0.3) is 0 Å². The molecule has 7 nitrogen and oxygen atoms in total. The summed E-state index contributed by atoms with van der Waals surface area (Å²) in [4.78, 5) is 28.0. The molecular formula is C27H39N3O4S. The number of benzene rings is 2. The van der Waals surface area contributed by atoms with Crippen LogP contribution in [0, 0.1) is 6.92 Å². The third kappa shape index (κ3) is 8.38. The van der Waals surface area contributed by atoms with Gasteiger partial charge in [-0.25, -0.2) is 8.42 Å². The highest BCUT2D eigenvalue weighted by atomic mass is 32.2. The first-order valence-electron chi connectivity index (χ1n) is 11.8. The summed E-state index contributed by atoms with van der Waals surface area (Å²) < 4.78 is 26.5. The average Bonchev–Trinajstić information content (AvgIpc) is 2.73. The lowest BCUT2D eigenvalue weighted by Crippen LogP contribution is -2.54. The lowest BCUT2D eigenvalue weighted by Gasteiger charge is -2.33. The maximum atomic E-state index is 13.6. The van der Waals surface area contributed by atoms with Crippen molar-refractivity contribution < 1.29 is 18.0 Å². The molecule has 2 aromatic carbocycles. The van der Waals surface area contributed by atoms with Crippen molar-refractivity contribution in [2.75, 3.05) is 17.1 Å². The Morgan fingerprint density at radius 2 is 1.60 bits per heavy atom. The van der Waals surface area contributed by atoms with Crippen molar-refractivity contribution in [3.8, 4) is 0 Å². The third-order valence-corrected chi connectivity index (χ3v) is 6.77. The van der Waals surface area contributed by atoms with Gasteiger partial charge in [-0.15, -0.1) is 0 Å². The Hall–Kier alpha value is -2.87. The van der Waals surface area contributed by atoms with Gasteiger partial charge in [-0.3, -0.25) is 13.9 Å². The van der Waals surface area contributed by atoms with Gasteiger partial charge in [-0.1, -0.05) is 55.8 Å². The van der Waals surface area contributed by atoms with Gasteiger partial charge in [0.05, 0.1) is 11.9 Å². The number of hydrogen-bond donors (Lipinski definition) is 1. The zero-order chi connectivity index (χ0) is 26.6. The van der Waals surface area contributed by atoms with E-state index in [9.17, 15) is 18.0 Å². The Bertz CT molecular complexity index is 1140. The van der Waals surface area contributed by atoms with Crippen molar-refractivity contribution in [3.63, 3.8) is 0 Å². The standard InChI is InChI=1S/C27H39N3O4S/c1-19(2)23-12-14-24(15-13-23)30(35(8,33)34)18-25(31)29(17-22-11-9-10-20(3)16-22)21(4)26(32)28-27(5,6)7/h9-16,19,21H,17-18H2,1-8H3,(H,28,32)/t21-/m1/s1. The van der Waals surface area contributed by atoms with E-state index >= 15 is 0 Å². The van der Waals surface area contributed by atoms with Crippen molar-refractivity contribution >= 4 is 27.5 Å². The van der Waals surface area contributed by atoms with E-state index in [1.807, 2.05) is 64.1 Å². The second kappa shape index (κ2) is 11.2. The number of hydrogen-bond acceptors (Lipinski definition) is 4. The van der Waals surface area contributed by atoms with E-state index in [1.54, 1.807) is 19.1 Å². The second-order valence-corrected chi connectivity index (χ2v) is 12.3. The van der Waals surface area contributed by atoms with E-state index in [4.69, 9.17) is 0 Å². The highest BCUT2D eigenvalue weighted by molar-refractivity contribution is 7.92. The lowest BCUT2D eigenvalue weighted by atomic mass is 10.0. The van der Waals surface area contributed by atoms with Crippen molar-refractivity contribution in [3.05, 3.63) is 65.2 Å². The smallest absolute Gasteiger partial charge is 0.244 e. The number of carbonyl (C=O) groups is 2. The average molecular weight is 502 g/mol. The molecule has 0 saturated heterocycles. The molecule has 0 radical (unpaired) electrons. The summed E-state index contributed by atoms with van der Waals surface area (Å²) in [7, 11) is -3.75. The number of amides is 2. The van der Waals surface area contributed by atoms with E-state index in [2.05, 4.69) is 19.2 Å². The molecule has 0 unspecified atom stereocenters. The van der Waals surface area contributed by atoms with Gasteiger partial charge in [0.2, 0.25) is 21.8 Å². The molecule has 0 saturated carbocycles. The SMILES string of the molecule is Cc1cccc(CN(C(=O)CN(c2ccc(C(C)C)cc2)S(C)(=O)=O)[C@H](C)C(=O)NC(C)(C)C)c1. The molecule has 0 spiro atoms. The minimum atomic E-state index is -3.75. The maximum absolute atomic E-state index is 13.6. The molecule has 2 rings (SSSR count). The van der Waals surface area contributed by atoms with Gasteiger partial charge in [-0.05, 0) is 63.8 Å². The Balaban J connectivity index is 2.40. The van der Waals surface area contributed by atoms with E-state index in [1.165, 1.54) is 4.90 Å². The first-order valence-corrected chi connectivity index (χ1v) is 13.7. The summed E-state index contributed by atoms with van der Waals surface area (Å²) in [5.41, 5.74) is 2.90. The number of nitrogens with zero attached hydrogens (tertiary/aromatic N) is 2. The van der Waals surface area contributed by atoms with Crippen LogP contribution in [-0.2, 0) is 26.2 Å². The Morgan fingerprint density at radius 3 is 2.09 bits per heavy atom. The number of aryl methyl sites for hydroxylation is 1. The minimum absolute atomic E-state index is 0.184. The Morgan fingerprint density at radius 1 is 1.00 bits per heavy atom. The van der Waals surface area contributed by atoms with Crippen LogP contribution in [-0.4, -0.2) is 49.5 Å². The van der Waals surface area contributed by atoms with Crippen LogP contribution in [0.5, 0.6) is 0 Å². The van der Waals surface area contributed by atoms with Gasteiger partial charge >= 0.3 is 0 Å². The summed E-state index contributed by atoms with van der Waals surface area (Å²) in [6.45, 7) is 13.1. The summed E-state index contributed by atoms with van der Waals surface area (Å²) in [5, 5.41) is 2.92.